The normalized spacial score (nSPS) is 20.7. The molecule has 2 N–H and O–H groups in total. The van der Waals surface area contributed by atoms with E-state index >= 15 is 0 Å². The van der Waals surface area contributed by atoms with E-state index in [1.54, 1.807) is 18.7 Å². The highest BCUT2D eigenvalue weighted by atomic mass is 32.1. The lowest BCUT2D eigenvalue weighted by atomic mass is 9.95. The maximum Gasteiger partial charge on any atom is 0.235 e. The third-order valence-corrected chi connectivity index (χ3v) is 6.86. The molecule has 3 heterocycles. The highest BCUT2D eigenvalue weighted by Crippen LogP contribution is 2.38. The molecule has 4 rings (SSSR count). The van der Waals surface area contributed by atoms with Gasteiger partial charge in [-0.3, -0.25) is 0 Å². The molecule has 1 unspecified atom stereocenters. The molecular formula is C21H29N4O3S+. The summed E-state index contributed by atoms with van der Waals surface area (Å²) in [5.41, 5.74) is 1.10. The summed E-state index contributed by atoms with van der Waals surface area (Å²) in [5.74, 6) is 3.00. The average Bonchev–Trinajstić information content (AvgIpc) is 3.27. The monoisotopic (exact) mass is 417 g/mol. The average molecular weight is 418 g/mol. The largest absolute Gasteiger partial charge is 0.493 e. The Balaban J connectivity index is 1.83. The van der Waals surface area contributed by atoms with Crippen molar-refractivity contribution in [2.45, 2.75) is 39.2 Å². The van der Waals surface area contributed by atoms with Gasteiger partial charge in [0.05, 0.1) is 27.3 Å². The van der Waals surface area contributed by atoms with Gasteiger partial charge in [0, 0.05) is 17.9 Å². The number of rotatable bonds is 6. The zero-order valence-electron chi connectivity index (χ0n) is 17.4. The molecule has 1 aliphatic heterocycles. The second-order valence-corrected chi connectivity index (χ2v) is 8.78. The lowest BCUT2D eigenvalue weighted by molar-refractivity contribution is -0.933. The molecule has 0 aliphatic carbocycles. The first kappa shape index (κ1) is 20.0. The van der Waals surface area contributed by atoms with E-state index in [1.807, 2.05) is 19.1 Å². The van der Waals surface area contributed by atoms with Crippen molar-refractivity contribution in [2.75, 3.05) is 27.3 Å². The van der Waals surface area contributed by atoms with Crippen LogP contribution in [0.25, 0.3) is 4.96 Å². The van der Waals surface area contributed by atoms with Crippen molar-refractivity contribution in [1.82, 2.24) is 14.6 Å². The van der Waals surface area contributed by atoms with Crippen LogP contribution < -0.4 is 14.4 Å². The minimum atomic E-state index is -0.00358. The van der Waals surface area contributed by atoms with E-state index in [2.05, 4.69) is 23.1 Å². The Morgan fingerprint density at radius 2 is 2.10 bits per heavy atom. The van der Waals surface area contributed by atoms with Crippen LogP contribution in [0.15, 0.2) is 18.2 Å². The number of nitrogens with zero attached hydrogens (tertiary/aromatic N) is 3. The first-order valence-electron chi connectivity index (χ1n) is 10.2. The number of aryl methyl sites for hydroxylation is 1. The summed E-state index contributed by atoms with van der Waals surface area (Å²) in [6.45, 7) is 6.45. The highest BCUT2D eigenvalue weighted by Gasteiger charge is 2.35. The van der Waals surface area contributed by atoms with E-state index in [9.17, 15) is 5.11 Å². The standard InChI is InChI=1S/C21H28N4O3S/c1-5-17-22-21-25(23-17)20(26)19(29-21)18(24-10-6-7-13(2)12-24)14-8-9-15(27-3)16(11-14)28-4/h8-9,11,13,18,26H,5-7,10,12H2,1-4H3/p+1/t13-,18+/m0/s1. The number of fused-ring (bicyclic) bond motifs is 1. The van der Waals surface area contributed by atoms with E-state index in [0.29, 0.717) is 17.4 Å². The molecule has 2 aromatic heterocycles. The summed E-state index contributed by atoms with van der Waals surface area (Å²) in [5, 5.41) is 15.5. The van der Waals surface area contributed by atoms with Gasteiger partial charge in [0.15, 0.2) is 23.4 Å². The number of thiazole rings is 1. The van der Waals surface area contributed by atoms with Gasteiger partial charge in [0.1, 0.15) is 4.88 Å². The van der Waals surface area contributed by atoms with Crippen LogP contribution in [0.2, 0.25) is 0 Å². The number of hydrogen-bond acceptors (Lipinski definition) is 6. The van der Waals surface area contributed by atoms with Gasteiger partial charge in [-0.2, -0.15) is 4.52 Å². The molecule has 8 heteroatoms. The molecule has 1 aliphatic rings. The van der Waals surface area contributed by atoms with E-state index in [4.69, 9.17) is 9.47 Å². The summed E-state index contributed by atoms with van der Waals surface area (Å²) in [6.07, 6.45) is 3.18. The van der Waals surface area contributed by atoms with E-state index < -0.39 is 0 Å². The Bertz CT molecular complexity index is 999. The van der Waals surface area contributed by atoms with Crippen LogP contribution in [0.5, 0.6) is 17.4 Å². The first-order valence-corrected chi connectivity index (χ1v) is 11.0. The van der Waals surface area contributed by atoms with Crippen molar-refractivity contribution in [3.05, 3.63) is 34.5 Å². The van der Waals surface area contributed by atoms with Crippen molar-refractivity contribution in [3.63, 3.8) is 0 Å². The lowest BCUT2D eigenvalue weighted by Crippen LogP contribution is -3.13. The summed E-state index contributed by atoms with van der Waals surface area (Å²) in [6, 6.07) is 6.04. The minimum Gasteiger partial charge on any atom is -0.493 e. The maximum atomic E-state index is 11.1. The van der Waals surface area contributed by atoms with Gasteiger partial charge in [-0.1, -0.05) is 25.2 Å². The van der Waals surface area contributed by atoms with Gasteiger partial charge in [-0.15, -0.1) is 5.10 Å². The molecule has 3 atom stereocenters. The van der Waals surface area contributed by atoms with Crippen LogP contribution in [-0.4, -0.2) is 47.0 Å². The number of aromatic hydroxyl groups is 1. The van der Waals surface area contributed by atoms with Gasteiger partial charge in [0.25, 0.3) is 0 Å². The molecular weight excluding hydrogens is 388 g/mol. The van der Waals surface area contributed by atoms with Gasteiger partial charge >= 0.3 is 0 Å². The van der Waals surface area contributed by atoms with E-state index in [-0.39, 0.29) is 11.9 Å². The topological polar surface area (TPSA) is 73.3 Å². The quantitative estimate of drug-likeness (QED) is 0.645. The first-order chi connectivity index (χ1) is 14.0. The summed E-state index contributed by atoms with van der Waals surface area (Å²) >= 11 is 1.53. The molecule has 1 aromatic carbocycles. The van der Waals surface area contributed by atoms with Crippen LogP contribution >= 0.6 is 11.3 Å². The number of ether oxygens (including phenoxy) is 2. The smallest absolute Gasteiger partial charge is 0.235 e. The van der Waals surface area contributed by atoms with E-state index in [0.717, 1.165) is 40.7 Å². The third kappa shape index (κ3) is 3.67. The fraction of sp³-hybridized carbons (Fsp3) is 0.524. The second kappa shape index (κ2) is 8.20. The number of aromatic nitrogens is 3. The Hall–Kier alpha value is -2.32. The molecule has 1 fully saturated rings. The number of methoxy groups -OCH3 is 2. The molecule has 7 nitrogen and oxygen atoms in total. The predicted molar refractivity (Wildman–Crippen MR) is 112 cm³/mol. The molecule has 0 bridgehead atoms. The van der Waals surface area contributed by atoms with Crippen molar-refractivity contribution in [3.8, 4) is 17.4 Å². The molecule has 0 spiro atoms. The fourth-order valence-corrected chi connectivity index (χ4v) is 5.48. The van der Waals surface area contributed by atoms with Crippen molar-refractivity contribution < 1.29 is 19.5 Å². The second-order valence-electron chi connectivity index (χ2n) is 7.77. The fourth-order valence-electron chi connectivity index (χ4n) is 4.32. The summed E-state index contributed by atoms with van der Waals surface area (Å²) in [7, 11) is 3.29. The Kier molecular flexibility index (Phi) is 5.65. The highest BCUT2D eigenvalue weighted by molar-refractivity contribution is 7.17. The number of quaternary nitrogens is 1. The van der Waals surface area contributed by atoms with Gasteiger partial charge in [-0.05, 0) is 31.0 Å². The molecule has 0 radical (unpaired) electrons. The zero-order chi connectivity index (χ0) is 20.5. The number of hydrogen-bond donors (Lipinski definition) is 2. The van der Waals surface area contributed by atoms with Crippen molar-refractivity contribution in [2.24, 2.45) is 5.92 Å². The van der Waals surface area contributed by atoms with Crippen molar-refractivity contribution in [1.29, 1.82) is 0 Å². The zero-order valence-corrected chi connectivity index (χ0v) is 18.3. The minimum absolute atomic E-state index is 0.00358. The molecule has 3 aromatic rings. The Morgan fingerprint density at radius 3 is 2.76 bits per heavy atom. The number of nitrogens with one attached hydrogen (secondary N) is 1. The number of benzene rings is 1. The van der Waals surface area contributed by atoms with Crippen LogP contribution in [0.1, 0.15) is 49.0 Å². The molecule has 0 amide bonds. The molecule has 29 heavy (non-hydrogen) atoms. The molecule has 1 saturated heterocycles. The van der Waals surface area contributed by atoms with Crippen LogP contribution in [0.3, 0.4) is 0 Å². The molecule has 156 valence electrons. The predicted octanol–water partition coefficient (Wildman–Crippen LogP) is 2.48. The lowest BCUT2D eigenvalue weighted by Gasteiger charge is -2.34. The SMILES string of the molecule is CCc1nc2sc([C@@H](c3ccc(OC)c(OC)c3)[NH+]3CCC[C@H](C)C3)c(O)n2n1. The van der Waals surface area contributed by atoms with Gasteiger partial charge in [-0.25, -0.2) is 4.98 Å². The van der Waals surface area contributed by atoms with E-state index in [1.165, 1.54) is 29.1 Å². The Labute approximate surface area is 174 Å². The Morgan fingerprint density at radius 1 is 1.31 bits per heavy atom. The van der Waals surface area contributed by atoms with Crippen LogP contribution in [-0.2, 0) is 6.42 Å². The van der Waals surface area contributed by atoms with Crippen LogP contribution in [0, 0.1) is 5.92 Å². The number of likely N-dealkylation sites (tertiary alicyclic amines) is 1. The number of piperidine rings is 1. The van der Waals surface area contributed by atoms with Gasteiger partial charge < -0.3 is 19.5 Å². The van der Waals surface area contributed by atoms with Gasteiger partial charge in [0.2, 0.25) is 10.8 Å². The summed E-state index contributed by atoms with van der Waals surface area (Å²) < 4.78 is 12.6. The summed E-state index contributed by atoms with van der Waals surface area (Å²) in [4.78, 5) is 7.66. The van der Waals surface area contributed by atoms with Crippen molar-refractivity contribution >= 4 is 16.3 Å². The third-order valence-electron chi connectivity index (χ3n) is 5.78. The molecule has 0 saturated carbocycles. The maximum absolute atomic E-state index is 11.1. The van der Waals surface area contributed by atoms with Crippen LogP contribution in [0.4, 0.5) is 0 Å².